The Balaban J connectivity index is 1.66. The van der Waals surface area contributed by atoms with Gasteiger partial charge in [-0.1, -0.05) is 66.9 Å². The third-order valence-corrected chi connectivity index (χ3v) is 5.16. The van der Waals surface area contributed by atoms with Gasteiger partial charge in [-0.2, -0.15) is 4.98 Å². The minimum Gasteiger partial charge on any atom is -0.394 e. The van der Waals surface area contributed by atoms with Gasteiger partial charge in [0.1, 0.15) is 10.0 Å². The molecule has 1 aromatic carbocycles. The standard InChI is InChI=1S/C18H23N5O2S/c1-2-3-4-5-6-15-20-16(23-25-15)12-7-9-13(10-8-12)17-21-22-18(26-17)14(19)11-24/h7-10,14,24H,2-6,11,19H2,1H3. The molecule has 0 amide bonds. The number of nitrogens with two attached hydrogens (primary N) is 1. The van der Waals surface area contributed by atoms with Crippen LogP contribution in [0.4, 0.5) is 0 Å². The lowest BCUT2D eigenvalue weighted by Gasteiger charge is -2.00. The third-order valence-electron chi connectivity index (χ3n) is 4.06. The number of aliphatic hydroxyl groups is 1. The smallest absolute Gasteiger partial charge is 0.226 e. The highest BCUT2D eigenvalue weighted by Crippen LogP contribution is 2.27. The summed E-state index contributed by atoms with van der Waals surface area (Å²) in [5.41, 5.74) is 7.60. The normalized spacial score (nSPS) is 12.4. The molecule has 2 heterocycles. The Morgan fingerprint density at radius 1 is 1.12 bits per heavy atom. The van der Waals surface area contributed by atoms with Crippen LogP contribution in [0.25, 0.3) is 22.0 Å². The fourth-order valence-electron chi connectivity index (χ4n) is 2.52. The summed E-state index contributed by atoms with van der Waals surface area (Å²) >= 11 is 1.38. The van der Waals surface area contributed by atoms with Crippen molar-refractivity contribution in [1.82, 2.24) is 20.3 Å². The predicted octanol–water partition coefficient (Wildman–Crippen LogP) is 3.37. The zero-order valence-electron chi connectivity index (χ0n) is 14.8. The van der Waals surface area contributed by atoms with E-state index in [0.29, 0.717) is 16.7 Å². The first-order chi connectivity index (χ1) is 12.7. The molecule has 1 atom stereocenters. The van der Waals surface area contributed by atoms with Crippen molar-refractivity contribution in [3.63, 3.8) is 0 Å². The number of benzene rings is 1. The quantitative estimate of drug-likeness (QED) is 0.553. The summed E-state index contributed by atoms with van der Waals surface area (Å²) in [5, 5.41) is 22.7. The second-order valence-corrected chi connectivity index (χ2v) is 7.14. The minimum absolute atomic E-state index is 0.147. The number of nitrogens with zero attached hydrogens (tertiary/aromatic N) is 4. The molecule has 138 valence electrons. The largest absolute Gasteiger partial charge is 0.394 e. The molecule has 2 aromatic heterocycles. The molecular formula is C18H23N5O2S. The van der Waals surface area contributed by atoms with Gasteiger partial charge in [-0.25, -0.2) is 0 Å². The van der Waals surface area contributed by atoms with E-state index in [1.165, 1.54) is 30.6 Å². The van der Waals surface area contributed by atoms with Crippen LogP contribution in [0.1, 0.15) is 49.5 Å². The molecule has 7 nitrogen and oxygen atoms in total. The monoisotopic (exact) mass is 373 g/mol. The number of aliphatic hydroxyl groups excluding tert-OH is 1. The summed E-state index contributed by atoms with van der Waals surface area (Å²) in [5.74, 6) is 1.29. The van der Waals surface area contributed by atoms with Crippen molar-refractivity contribution in [2.24, 2.45) is 5.73 Å². The Bertz CT molecular complexity index is 815. The Morgan fingerprint density at radius 3 is 2.62 bits per heavy atom. The van der Waals surface area contributed by atoms with Crippen LogP contribution in [0.3, 0.4) is 0 Å². The van der Waals surface area contributed by atoms with Crippen LogP contribution in [-0.2, 0) is 6.42 Å². The van der Waals surface area contributed by atoms with Crippen LogP contribution in [0.2, 0.25) is 0 Å². The van der Waals surface area contributed by atoms with Gasteiger partial charge in [0, 0.05) is 17.5 Å². The van der Waals surface area contributed by atoms with Crippen LogP contribution >= 0.6 is 11.3 Å². The van der Waals surface area contributed by atoms with Crippen LogP contribution in [0, 0.1) is 0 Å². The summed E-state index contributed by atoms with van der Waals surface area (Å²) < 4.78 is 5.34. The first-order valence-corrected chi connectivity index (χ1v) is 9.66. The van der Waals surface area contributed by atoms with E-state index in [4.69, 9.17) is 15.4 Å². The number of aromatic nitrogens is 4. The molecule has 1 unspecified atom stereocenters. The zero-order chi connectivity index (χ0) is 18.4. The minimum atomic E-state index is -0.490. The number of rotatable bonds is 9. The number of hydrogen-bond acceptors (Lipinski definition) is 8. The van der Waals surface area contributed by atoms with Crippen molar-refractivity contribution in [3.05, 3.63) is 35.2 Å². The van der Waals surface area contributed by atoms with Gasteiger partial charge >= 0.3 is 0 Å². The Hall–Kier alpha value is -2.16. The Kier molecular flexibility index (Phi) is 6.43. The van der Waals surface area contributed by atoms with E-state index in [1.54, 1.807) is 0 Å². The molecule has 0 aliphatic heterocycles. The molecule has 0 saturated heterocycles. The number of unbranched alkanes of at least 4 members (excludes halogenated alkanes) is 3. The maximum absolute atomic E-state index is 9.10. The molecule has 26 heavy (non-hydrogen) atoms. The predicted molar refractivity (Wildman–Crippen MR) is 100 cm³/mol. The van der Waals surface area contributed by atoms with E-state index in [1.807, 2.05) is 24.3 Å². The topological polar surface area (TPSA) is 111 Å². The van der Waals surface area contributed by atoms with E-state index in [9.17, 15) is 0 Å². The third kappa shape index (κ3) is 4.51. The fraction of sp³-hybridized carbons (Fsp3) is 0.444. The van der Waals surface area contributed by atoms with E-state index < -0.39 is 6.04 Å². The summed E-state index contributed by atoms with van der Waals surface area (Å²) in [6.45, 7) is 2.05. The van der Waals surface area contributed by atoms with Gasteiger partial charge in [0.15, 0.2) is 0 Å². The van der Waals surface area contributed by atoms with Crippen LogP contribution in [-0.4, -0.2) is 32.1 Å². The van der Waals surface area contributed by atoms with E-state index >= 15 is 0 Å². The molecule has 0 radical (unpaired) electrons. The highest BCUT2D eigenvalue weighted by Gasteiger charge is 2.13. The van der Waals surface area contributed by atoms with Gasteiger partial charge in [0.25, 0.3) is 0 Å². The first-order valence-electron chi connectivity index (χ1n) is 8.84. The molecule has 8 heteroatoms. The maximum Gasteiger partial charge on any atom is 0.226 e. The highest BCUT2D eigenvalue weighted by molar-refractivity contribution is 7.14. The van der Waals surface area contributed by atoms with Gasteiger partial charge in [-0.05, 0) is 6.42 Å². The second-order valence-electron chi connectivity index (χ2n) is 6.13. The zero-order valence-corrected chi connectivity index (χ0v) is 15.6. The molecule has 3 rings (SSSR count). The molecule has 0 fully saturated rings. The maximum atomic E-state index is 9.10. The molecular weight excluding hydrogens is 350 g/mol. The van der Waals surface area contributed by atoms with E-state index in [-0.39, 0.29) is 6.61 Å². The van der Waals surface area contributed by atoms with Gasteiger partial charge < -0.3 is 15.4 Å². The molecule has 0 bridgehead atoms. The molecule has 0 aliphatic carbocycles. The number of hydrogen-bond donors (Lipinski definition) is 2. The second kappa shape index (κ2) is 8.98. The molecule has 0 spiro atoms. The van der Waals surface area contributed by atoms with Crippen molar-refractivity contribution < 1.29 is 9.63 Å². The van der Waals surface area contributed by atoms with E-state index in [0.717, 1.165) is 29.0 Å². The lowest BCUT2D eigenvalue weighted by molar-refractivity contribution is 0.267. The average molecular weight is 373 g/mol. The Labute approximate surface area is 156 Å². The Morgan fingerprint density at radius 2 is 1.88 bits per heavy atom. The van der Waals surface area contributed by atoms with E-state index in [2.05, 4.69) is 27.3 Å². The summed E-state index contributed by atoms with van der Waals surface area (Å²) in [7, 11) is 0. The molecule has 0 aliphatic rings. The van der Waals surface area contributed by atoms with Crippen molar-refractivity contribution in [1.29, 1.82) is 0 Å². The van der Waals surface area contributed by atoms with Gasteiger partial charge in [-0.3, -0.25) is 0 Å². The van der Waals surface area contributed by atoms with Crippen LogP contribution in [0.5, 0.6) is 0 Å². The number of aryl methyl sites for hydroxylation is 1. The van der Waals surface area contributed by atoms with Gasteiger partial charge in [0.2, 0.25) is 11.7 Å². The van der Waals surface area contributed by atoms with Crippen molar-refractivity contribution in [3.8, 4) is 22.0 Å². The lowest BCUT2D eigenvalue weighted by Crippen LogP contribution is -2.13. The van der Waals surface area contributed by atoms with Gasteiger partial charge in [0.05, 0.1) is 12.6 Å². The SMILES string of the molecule is CCCCCCc1nc(-c2ccc(-c3nnc(C(N)CO)s3)cc2)no1. The summed E-state index contributed by atoms with van der Waals surface area (Å²) in [6.07, 6.45) is 5.53. The van der Waals surface area contributed by atoms with Crippen molar-refractivity contribution in [2.45, 2.75) is 45.1 Å². The lowest BCUT2D eigenvalue weighted by atomic mass is 10.1. The first kappa shape index (κ1) is 18.6. The van der Waals surface area contributed by atoms with Gasteiger partial charge in [-0.15, -0.1) is 10.2 Å². The van der Waals surface area contributed by atoms with Crippen LogP contribution in [0.15, 0.2) is 28.8 Å². The van der Waals surface area contributed by atoms with Crippen molar-refractivity contribution in [2.75, 3.05) is 6.61 Å². The molecule has 0 saturated carbocycles. The van der Waals surface area contributed by atoms with Crippen molar-refractivity contribution >= 4 is 11.3 Å². The average Bonchev–Trinajstić information content (AvgIpc) is 3.35. The highest BCUT2D eigenvalue weighted by atomic mass is 32.1. The molecule has 3 N–H and O–H groups in total. The molecule has 3 aromatic rings. The summed E-state index contributed by atoms with van der Waals surface area (Å²) in [6, 6.07) is 7.28. The summed E-state index contributed by atoms with van der Waals surface area (Å²) in [4.78, 5) is 4.47. The van der Waals surface area contributed by atoms with Crippen LogP contribution < -0.4 is 5.73 Å². The fourth-order valence-corrected chi connectivity index (χ4v) is 3.36.